The molecule has 19 heavy (non-hydrogen) atoms. The van der Waals surface area contributed by atoms with Gasteiger partial charge in [-0.05, 0) is 44.8 Å². The summed E-state index contributed by atoms with van der Waals surface area (Å²) in [7, 11) is -0.198. The summed E-state index contributed by atoms with van der Waals surface area (Å²) >= 11 is 0. The van der Waals surface area contributed by atoms with Crippen molar-refractivity contribution < 1.29 is 24.3 Å². The molecule has 0 unspecified atom stereocenters. The molecular formula is C13H19BO5. The second kappa shape index (κ2) is 5.63. The van der Waals surface area contributed by atoms with Gasteiger partial charge in [-0.2, -0.15) is 0 Å². The lowest BCUT2D eigenvalue weighted by molar-refractivity contribution is 0.00657. The maximum Gasteiger partial charge on any atom is 0.488 e. The van der Waals surface area contributed by atoms with E-state index in [2.05, 4.69) is 0 Å². The fraction of sp³-hybridized carbons (Fsp3) is 0.462. The maximum absolute atomic E-state index is 12.1. The standard InChI is InChI=1S/C13H19BO5/c1-8-6-9(14(16)17)7-10(18-5)11(8)12(15)19-13(2,3)4/h6-7,16-17H,1-5H3. The molecule has 0 spiro atoms. The van der Waals surface area contributed by atoms with Gasteiger partial charge in [0.1, 0.15) is 16.9 Å². The van der Waals surface area contributed by atoms with Crippen LogP contribution < -0.4 is 10.2 Å². The van der Waals surface area contributed by atoms with Gasteiger partial charge in [0.15, 0.2) is 0 Å². The van der Waals surface area contributed by atoms with Crippen LogP contribution in [0.15, 0.2) is 12.1 Å². The van der Waals surface area contributed by atoms with Crippen LogP contribution in [0.3, 0.4) is 0 Å². The van der Waals surface area contributed by atoms with Crippen molar-refractivity contribution in [2.24, 2.45) is 0 Å². The SMILES string of the molecule is COc1cc(B(O)O)cc(C)c1C(=O)OC(C)(C)C. The number of hydrogen-bond donors (Lipinski definition) is 2. The summed E-state index contributed by atoms with van der Waals surface area (Å²) < 4.78 is 10.4. The third kappa shape index (κ3) is 3.97. The second-order valence-corrected chi connectivity index (χ2v) is 5.29. The van der Waals surface area contributed by atoms with Gasteiger partial charge in [0.05, 0.1) is 7.11 Å². The Balaban J connectivity index is 3.24. The Morgan fingerprint density at radius 3 is 2.26 bits per heavy atom. The Kier molecular flexibility index (Phi) is 4.60. The first kappa shape index (κ1) is 15.5. The summed E-state index contributed by atoms with van der Waals surface area (Å²) in [6, 6.07) is 2.93. The number of esters is 1. The molecule has 1 aromatic carbocycles. The largest absolute Gasteiger partial charge is 0.496 e. The van der Waals surface area contributed by atoms with E-state index in [0.29, 0.717) is 11.1 Å². The number of benzene rings is 1. The summed E-state index contributed by atoms with van der Waals surface area (Å²) in [5.41, 5.74) is 0.518. The minimum atomic E-state index is -1.61. The van der Waals surface area contributed by atoms with E-state index in [1.807, 2.05) is 0 Å². The molecular weight excluding hydrogens is 247 g/mol. The van der Waals surface area contributed by atoms with Crippen LogP contribution in [0.5, 0.6) is 5.75 Å². The average molecular weight is 266 g/mol. The highest BCUT2D eigenvalue weighted by molar-refractivity contribution is 6.58. The molecule has 0 saturated carbocycles. The Bertz CT molecular complexity index is 477. The van der Waals surface area contributed by atoms with Crippen molar-refractivity contribution in [1.29, 1.82) is 0 Å². The molecule has 1 rings (SSSR count). The zero-order valence-electron chi connectivity index (χ0n) is 11.9. The summed E-state index contributed by atoms with van der Waals surface area (Å²) in [6.07, 6.45) is 0. The highest BCUT2D eigenvalue weighted by Gasteiger charge is 2.25. The van der Waals surface area contributed by atoms with Crippen LogP contribution in [0.1, 0.15) is 36.7 Å². The predicted molar refractivity (Wildman–Crippen MR) is 72.7 cm³/mol. The topological polar surface area (TPSA) is 76.0 Å². The molecule has 0 bridgehead atoms. The van der Waals surface area contributed by atoms with Gasteiger partial charge in [-0.3, -0.25) is 0 Å². The first-order chi connectivity index (χ1) is 8.65. The van der Waals surface area contributed by atoms with Crippen molar-refractivity contribution in [2.75, 3.05) is 7.11 Å². The normalized spacial score (nSPS) is 11.1. The van der Waals surface area contributed by atoms with E-state index >= 15 is 0 Å². The highest BCUT2D eigenvalue weighted by atomic mass is 16.6. The Morgan fingerprint density at radius 1 is 1.26 bits per heavy atom. The summed E-state index contributed by atoms with van der Waals surface area (Å²) in [5.74, 6) is -0.238. The van der Waals surface area contributed by atoms with E-state index < -0.39 is 18.7 Å². The molecule has 5 nitrogen and oxygen atoms in total. The monoisotopic (exact) mass is 266 g/mol. The predicted octanol–water partition coefficient (Wildman–Crippen LogP) is 0.639. The molecule has 0 aliphatic rings. The van der Waals surface area contributed by atoms with Crippen LogP contribution in [0.2, 0.25) is 0 Å². The van der Waals surface area contributed by atoms with Gasteiger partial charge < -0.3 is 19.5 Å². The molecule has 0 aliphatic heterocycles. The fourth-order valence-corrected chi connectivity index (χ4v) is 1.68. The van der Waals surface area contributed by atoms with Crippen LogP contribution in [0.25, 0.3) is 0 Å². The zero-order chi connectivity index (χ0) is 14.8. The van der Waals surface area contributed by atoms with Crippen molar-refractivity contribution in [1.82, 2.24) is 0 Å². The number of methoxy groups -OCH3 is 1. The molecule has 2 N–H and O–H groups in total. The molecule has 0 amide bonds. The van der Waals surface area contributed by atoms with E-state index in [9.17, 15) is 4.79 Å². The number of carbonyl (C=O) groups is 1. The second-order valence-electron chi connectivity index (χ2n) is 5.29. The fourth-order valence-electron chi connectivity index (χ4n) is 1.68. The Morgan fingerprint density at radius 2 is 1.84 bits per heavy atom. The highest BCUT2D eigenvalue weighted by Crippen LogP contribution is 2.24. The zero-order valence-corrected chi connectivity index (χ0v) is 11.9. The van der Waals surface area contributed by atoms with E-state index in [0.717, 1.165) is 0 Å². The molecule has 0 atom stereocenters. The first-order valence-electron chi connectivity index (χ1n) is 5.93. The molecule has 104 valence electrons. The van der Waals surface area contributed by atoms with Crippen molar-refractivity contribution in [3.63, 3.8) is 0 Å². The van der Waals surface area contributed by atoms with Crippen LogP contribution in [-0.4, -0.2) is 35.8 Å². The first-order valence-corrected chi connectivity index (χ1v) is 5.93. The van der Waals surface area contributed by atoms with Gasteiger partial charge in [-0.15, -0.1) is 0 Å². The van der Waals surface area contributed by atoms with Gasteiger partial charge in [-0.25, -0.2) is 4.79 Å². The van der Waals surface area contributed by atoms with Crippen LogP contribution in [0, 0.1) is 6.92 Å². The molecule has 0 saturated heterocycles. The smallest absolute Gasteiger partial charge is 0.488 e. The van der Waals surface area contributed by atoms with E-state index in [4.69, 9.17) is 19.5 Å². The van der Waals surface area contributed by atoms with E-state index in [-0.39, 0.29) is 11.2 Å². The average Bonchev–Trinajstić information content (AvgIpc) is 2.24. The molecule has 0 radical (unpaired) electrons. The minimum Gasteiger partial charge on any atom is -0.496 e. The third-order valence-corrected chi connectivity index (χ3v) is 2.44. The van der Waals surface area contributed by atoms with E-state index in [1.165, 1.54) is 19.2 Å². The van der Waals surface area contributed by atoms with E-state index in [1.54, 1.807) is 27.7 Å². The van der Waals surface area contributed by atoms with Gasteiger partial charge >= 0.3 is 13.1 Å². The van der Waals surface area contributed by atoms with Crippen molar-refractivity contribution in [2.45, 2.75) is 33.3 Å². The van der Waals surface area contributed by atoms with Gasteiger partial charge in [0, 0.05) is 0 Å². The third-order valence-electron chi connectivity index (χ3n) is 2.44. The van der Waals surface area contributed by atoms with Crippen molar-refractivity contribution in [3.8, 4) is 5.75 Å². The Hall–Kier alpha value is -1.53. The lowest BCUT2D eigenvalue weighted by Crippen LogP contribution is -2.31. The van der Waals surface area contributed by atoms with Gasteiger partial charge in [0.2, 0.25) is 0 Å². The molecule has 1 aromatic rings. The molecule has 0 heterocycles. The van der Waals surface area contributed by atoms with Crippen molar-refractivity contribution in [3.05, 3.63) is 23.3 Å². The van der Waals surface area contributed by atoms with Crippen LogP contribution in [-0.2, 0) is 4.74 Å². The molecule has 0 aromatic heterocycles. The molecule has 6 heteroatoms. The molecule has 0 aliphatic carbocycles. The number of carbonyl (C=O) groups excluding carboxylic acids is 1. The van der Waals surface area contributed by atoms with Crippen LogP contribution in [0.4, 0.5) is 0 Å². The lowest BCUT2D eigenvalue weighted by atomic mass is 9.78. The van der Waals surface area contributed by atoms with Crippen molar-refractivity contribution >= 4 is 18.6 Å². The van der Waals surface area contributed by atoms with Gasteiger partial charge in [0.25, 0.3) is 0 Å². The number of ether oxygens (including phenoxy) is 2. The molecule has 0 fully saturated rings. The van der Waals surface area contributed by atoms with Crippen LogP contribution >= 0.6 is 0 Å². The summed E-state index contributed by atoms with van der Waals surface area (Å²) in [4.78, 5) is 12.1. The number of rotatable bonds is 3. The maximum atomic E-state index is 12.1. The van der Waals surface area contributed by atoms with Gasteiger partial charge in [-0.1, -0.05) is 6.07 Å². The summed E-state index contributed by atoms with van der Waals surface area (Å²) in [6.45, 7) is 7.02. The number of hydrogen-bond acceptors (Lipinski definition) is 5. The minimum absolute atomic E-state index is 0.261. The number of aryl methyl sites for hydroxylation is 1. The Labute approximate surface area is 113 Å². The lowest BCUT2D eigenvalue weighted by Gasteiger charge is -2.21. The summed E-state index contributed by atoms with van der Waals surface area (Å²) in [5, 5.41) is 18.3. The quantitative estimate of drug-likeness (QED) is 0.620.